The van der Waals surface area contributed by atoms with E-state index in [1.54, 1.807) is 4.90 Å². The van der Waals surface area contributed by atoms with Gasteiger partial charge in [-0.05, 0) is 44.9 Å². The summed E-state index contributed by atoms with van der Waals surface area (Å²) in [6.45, 7) is 9.37. The summed E-state index contributed by atoms with van der Waals surface area (Å²) in [4.78, 5) is 14.1. The van der Waals surface area contributed by atoms with E-state index >= 15 is 0 Å². The highest BCUT2D eigenvalue weighted by Gasteiger charge is 2.27. The number of nitrogen functional groups attached to an aromatic ring is 1. The summed E-state index contributed by atoms with van der Waals surface area (Å²) >= 11 is 0. The average Bonchev–Trinajstić information content (AvgIpc) is 3.17. The second-order valence-corrected chi connectivity index (χ2v) is 8.28. The van der Waals surface area contributed by atoms with Crippen molar-refractivity contribution < 1.29 is 14.1 Å². The van der Waals surface area contributed by atoms with Gasteiger partial charge in [0.15, 0.2) is 11.4 Å². The van der Waals surface area contributed by atoms with Gasteiger partial charge in [-0.1, -0.05) is 11.2 Å². The molecule has 2 aromatic heterocycles. The molecule has 0 fully saturated rings. The molecule has 2 N–H and O–H groups in total. The topological polar surface area (TPSA) is 99.4 Å². The maximum atomic E-state index is 12.3. The molecule has 8 heteroatoms. The molecular formula is C20H25N5O3. The van der Waals surface area contributed by atoms with E-state index in [2.05, 4.69) is 16.3 Å². The lowest BCUT2D eigenvalue weighted by Gasteiger charge is -2.30. The van der Waals surface area contributed by atoms with Gasteiger partial charge in [0.25, 0.3) is 0 Å². The van der Waals surface area contributed by atoms with Crippen LogP contribution in [0.2, 0.25) is 0 Å². The first-order chi connectivity index (χ1) is 13.2. The molecule has 0 atom stereocenters. The molecule has 0 radical (unpaired) electrons. The maximum absolute atomic E-state index is 12.3. The Bertz CT molecular complexity index is 1040. The quantitative estimate of drug-likeness (QED) is 0.729. The molecule has 1 amide bonds. The minimum Gasteiger partial charge on any atom is -0.444 e. The van der Waals surface area contributed by atoms with E-state index in [4.69, 9.17) is 15.0 Å². The average molecular weight is 383 g/mol. The molecule has 1 aliphatic heterocycles. The van der Waals surface area contributed by atoms with Gasteiger partial charge >= 0.3 is 6.09 Å². The van der Waals surface area contributed by atoms with E-state index in [1.165, 1.54) is 0 Å². The fourth-order valence-corrected chi connectivity index (χ4v) is 3.65. The molecular weight excluding hydrogens is 358 g/mol. The summed E-state index contributed by atoms with van der Waals surface area (Å²) in [5.74, 6) is 0.415. The van der Waals surface area contributed by atoms with Crippen LogP contribution in [0.4, 0.5) is 10.6 Å². The standard InChI is InChI=1S/C20H25N5O3/c1-12-7-13(8-16-17(12)18(21)23-28-16)10-25-15-5-6-24(11-14(15)9-22-25)19(26)27-20(2,3)4/h7-9H,5-6,10-11H2,1-4H3,(H2,21,23). The molecule has 1 aromatic carbocycles. The van der Waals surface area contributed by atoms with E-state index in [1.807, 2.05) is 44.6 Å². The number of nitrogens with two attached hydrogens (primary N) is 1. The lowest BCUT2D eigenvalue weighted by atomic mass is 10.1. The van der Waals surface area contributed by atoms with Gasteiger partial charge in [-0.15, -0.1) is 0 Å². The van der Waals surface area contributed by atoms with Crippen molar-refractivity contribution in [2.24, 2.45) is 0 Å². The Morgan fingerprint density at radius 3 is 2.89 bits per heavy atom. The Labute approximate surface area is 163 Å². The van der Waals surface area contributed by atoms with Gasteiger partial charge in [0.05, 0.1) is 24.7 Å². The number of anilines is 1. The first-order valence-electron chi connectivity index (χ1n) is 9.37. The fourth-order valence-electron chi connectivity index (χ4n) is 3.65. The van der Waals surface area contributed by atoms with Gasteiger partial charge in [0, 0.05) is 24.2 Å². The number of aryl methyl sites for hydroxylation is 1. The van der Waals surface area contributed by atoms with Crippen molar-refractivity contribution in [3.05, 3.63) is 40.7 Å². The Morgan fingerprint density at radius 1 is 1.36 bits per heavy atom. The highest BCUT2D eigenvalue weighted by atomic mass is 16.6. The molecule has 3 heterocycles. The van der Waals surface area contributed by atoms with Crippen molar-refractivity contribution in [3.63, 3.8) is 0 Å². The number of nitrogens with zero attached hydrogens (tertiary/aromatic N) is 4. The Morgan fingerprint density at radius 2 is 2.14 bits per heavy atom. The first kappa shape index (κ1) is 18.3. The number of carbonyl (C=O) groups excluding carboxylic acids is 1. The van der Waals surface area contributed by atoms with Gasteiger partial charge in [0.2, 0.25) is 0 Å². The number of hydrogen-bond donors (Lipinski definition) is 1. The van der Waals surface area contributed by atoms with Crippen molar-refractivity contribution in [2.75, 3.05) is 12.3 Å². The number of rotatable bonds is 2. The van der Waals surface area contributed by atoms with Crippen LogP contribution < -0.4 is 5.73 Å². The van der Waals surface area contributed by atoms with Crippen LogP contribution in [0, 0.1) is 6.92 Å². The molecule has 0 saturated heterocycles. The number of aromatic nitrogens is 3. The molecule has 0 aliphatic carbocycles. The predicted molar refractivity (Wildman–Crippen MR) is 105 cm³/mol. The first-order valence-corrected chi connectivity index (χ1v) is 9.37. The van der Waals surface area contributed by atoms with E-state index in [0.29, 0.717) is 31.0 Å². The third-order valence-electron chi connectivity index (χ3n) is 4.86. The lowest BCUT2D eigenvalue weighted by molar-refractivity contribution is 0.0222. The zero-order valence-corrected chi connectivity index (χ0v) is 16.7. The Hall–Kier alpha value is -3.03. The van der Waals surface area contributed by atoms with E-state index < -0.39 is 5.60 Å². The van der Waals surface area contributed by atoms with Gasteiger partial charge in [-0.3, -0.25) is 4.68 Å². The van der Waals surface area contributed by atoms with Crippen LogP contribution in [0.25, 0.3) is 11.0 Å². The summed E-state index contributed by atoms with van der Waals surface area (Å²) in [5, 5.41) is 9.25. The number of hydrogen-bond acceptors (Lipinski definition) is 6. The van der Waals surface area contributed by atoms with E-state index in [-0.39, 0.29) is 6.09 Å². The number of benzene rings is 1. The molecule has 0 bridgehead atoms. The maximum Gasteiger partial charge on any atom is 0.410 e. The van der Waals surface area contributed by atoms with Gasteiger partial charge < -0.3 is 19.9 Å². The molecule has 1 aliphatic rings. The monoisotopic (exact) mass is 383 g/mol. The number of amides is 1. The molecule has 0 unspecified atom stereocenters. The molecule has 28 heavy (non-hydrogen) atoms. The fraction of sp³-hybridized carbons (Fsp3) is 0.450. The number of fused-ring (bicyclic) bond motifs is 2. The van der Waals surface area contributed by atoms with Crippen molar-refractivity contribution in [1.29, 1.82) is 0 Å². The Balaban J connectivity index is 1.53. The van der Waals surface area contributed by atoms with Crippen LogP contribution in [-0.2, 0) is 24.2 Å². The highest BCUT2D eigenvalue weighted by molar-refractivity contribution is 5.90. The van der Waals surface area contributed by atoms with Crippen LogP contribution in [0.5, 0.6) is 0 Å². The normalized spacial score (nSPS) is 14.4. The summed E-state index contributed by atoms with van der Waals surface area (Å²) in [6.07, 6.45) is 2.30. The summed E-state index contributed by atoms with van der Waals surface area (Å²) in [7, 11) is 0. The second-order valence-electron chi connectivity index (χ2n) is 8.28. The van der Waals surface area contributed by atoms with Gasteiger partial charge in [-0.2, -0.15) is 5.10 Å². The van der Waals surface area contributed by atoms with Gasteiger partial charge in [-0.25, -0.2) is 4.79 Å². The van der Waals surface area contributed by atoms with Crippen molar-refractivity contribution >= 4 is 22.9 Å². The largest absolute Gasteiger partial charge is 0.444 e. The second kappa shape index (κ2) is 6.54. The van der Waals surface area contributed by atoms with Crippen molar-refractivity contribution in [2.45, 2.75) is 52.8 Å². The van der Waals surface area contributed by atoms with Crippen LogP contribution >= 0.6 is 0 Å². The van der Waals surface area contributed by atoms with E-state index in [0.717, 1.165) is 34.2 Å². The zero-order valence-electron chi connectivity index (χ0n) is 16.7. The minimum atomic E-state index is -0.498. The zero-order chi connectivity index (χ0) is 20.1. The minimum absolute atomic E-state index is 0.283. The number of ether oxygens (including phenoxy) is 1. The van der Waals surface area contributed by atoms with Crippen molar-refractivity contribution in [3.8, 4) is 0 Å². The van der Waals surface area contributed by atoms with Crippen LogP contribution in [-0.4, -0.2) is 38.1 Å². The Kier molecular flexibility index (Phi) is 4.28. The number of carbonyl (C=O) groups is 1. The molecule has 3 aromatic rings. The molecule has 0 saturated carbocycles. The molecule has 148 valence electrons. The summed E-state index contributed by atoms with van der Waals surface area (Å²) in [5.41, 5.74) is 10.4. The molecule has 0 spiro atoms. The van der Waals surface area contributed by atoms with Crippen LogP contribution in [0.15, 0.2) is 22.9 Å². The highest BCUT2D eigenvalue weighted by Crippen LogP contribution is 2.27. The molecule has 8 nitrogen and oxygen atoms in total. The predicted octanol–water partition coefficient (Wildman–Crippen LogP) is 3.26. The third kappa shape index (κ3) is 3.42. The van der Waals surface area contributed by atoms with Gasteiger partial charge in [0.1, 0.15) is 5.60 Å². The van der Waals surface area contributed by atoms with E-state index in [9.17, 15) is 4.79 Å². The summed E-state index contributed by atoms with van der Waals surface area (Å²) in [6, 6.07) is 4.04. The summed E-state index contributed by atoms with van der Waals surface area (Å²) < 4.78 is 12.8. The third-order valence-corrected chi connectivity index (χ3v) is 4.86. The smallest absolute Gasteiger partial charge is 0.410 e. The van der Waals surface area contributed by atoms with Crippen LogP contribution in [0.1, 0.15) is 43.2 Å². The SMILES string of the molecule is Cc1cc(Cn2ncc3c2CCN(C(=O)OC(C)(C)C)C3)cc2onc(N)c12. The van der Waals surface area contributed by atoms with Crippen LogP contribution in [0.3, 0.4) is 0 Å². The molecule has 4 rings (SSSR count). The van der Waals surface area contributed by atoms with Crippen molar-refractivity contribution in [1.82, 2.24) is 19.8 Å². The lowest BCUT2D eigenvalue weighted by Crippen LogP contribution is -2.40.